The van der Waals surface area contributed by atoms with Gasteiger partial charge >= 0.3 is 0 Å². The molecule has 34 heavy (non-hydrogen) atoms. The van der Waals surface area contributed by atoms with Gasteiger partial charge in [-0.05, 0) is 34.8 Å². The minimum atomic E-state index is -1.33. The van der Waals surface area contributed by atoms with Crippen molar-refractivity contribution in [3.8, 4) is 5.75 Å². The minimum Gasteiger partial charge on any atom is -1.00 e. The van der Waals surface area contributed by atoms with E-state index in [2.05, 4.69) is 18.5 Å². The van der Waals surface area contributed by atoms with E-state index in [0.717, 1.165) is 40.1 Å². The SMILES string of the molecule is C[N+](C)(CCCOc1ccccc1)Cc1nsc(C(O)(c2ccccc2)c2ccccc2)n1.[Br-]. The molecule has 0 radical (unpaired) electrons. The summed E-state index contributed by atoms with van der Waals surface area (Å²) in [6, 6.07) is 29.2. The molecule has 0 aliphatic heterocycles. The fraction of sp³-hybridized carbons (Fsp3) is 0.259. The number of rotatable bonds is 10. The van der Waals surface area contributed by atoms with Crippen molar-refractivity contribution in [1.82, 2.24) is 9.36 Å². The van der Waals surface area contributed by atoms with Crippen LogP contribution in [0.5, 0.6) is 5.75 Å². The predicted octanol–water partition coefficient (Wildman–Crippen LogP) is 1.87. The number of aromatic nitrogens is 2. The molecule has 0 amide bonds. The van der Waals surface area contributed by atoms with Crippen molar-refractivity contribution in [1.29, 1.82) is 0 Å². The van der Waals surface area contributed by atoms with Crippen LogP contribution < -0.4 is 21.7 Å². The van der Waals surface area contributed by atoms with Crippen LogP contribution in [0.4, 0.5) is 0 Å². The summed E-state index contributed by atoms with van der Waals surface area (Å²) in [7, 11) is 4.34. The number of halogens is 1. The molecule has 0 saturated heterocycles. The Morgan fingerprint density at radius 2 is 1.38 bits per heavy atom. The number of hydrogen-bond acceptors (Lipinski definition) is 5. The largest absolute Gasteiger partial charge is 1.00 e. The highest BCUT2D eigenvalue weighted by Gasteiger charge is 2.38. The van der Waals surface area contributed by atoms with E-state index >= 15 is 0 Å². The fourth-order valence-corrected chi connectivity index (χ4v) is 4.70. The number of quaternary nitrogens is 1. The molecule has 4 aromatic rings. The maximum Gasteiger partial charge on any atom is 0.197 e. The number of ether oxygens (including phenoxy) is 1. The molecule has 3 aromatic carbocycles. The normalized spacial score (nSPS) is 11.6. The smallest absolute Gasteiger partial charge is 0.197 e. The number of benzene rings is 3. The molecule has 0 atom stereocenters. The maximum absolute atomic E-state index is 11.9. The van der Waals surface area contributed by atoms with Crippen molar-refractivity contribution in [2.45, 2.75) is 18.6 Å². The van der Waals surface area contributed by atoms with Gasteiger partial charge in [-0.1, -0.05) is 78.9 Å². The Morgan fingerprint density at radius 3 is 1.94 bits per heavy atom. The lowest BCUT2D eigenvalue weighted by molar-refractivity contribution is -0.904. The molecular formula is C27H30BrN3O2S. The minimum absolute atomic E-state index is 0. The van der Waals surface area contributed by atoms with Crippen LogP contribution >= 0.6 is 11.5 Å². The van der Waals surface area contributed by atoms with Crippen LogP contribution in [0, 0.1) is 0 Å². The Hall–Kier alpha value is -2.58. The van der Waals surface area contributed by atoms with Gasteiger partial charge in [0.25, 0.3) is 0 Å². The Balaban J connectivity index is 0.00000324. The summed E-state index contributed by atoms with van der Waals surface area (Å²) in [4.78, 5) is 4.81. The van der Waals surface area contributed by atoms with Gasteiger partial charge in [-0.3, -0.25) is 0 Å². The van der Waals surface area contributed by atoms with Crippen LogP contribution in [0.25, 0.3) is 0 Å². The highest BCUT2D eigenvalue weighted by molar-refractivity contribution is 7.05. The lowest BCUT2D eigenvalue weighted by atomic mass is 9.87. The number of hydrogen-bond donors (Lipinski definition) is 1. The van der Waals surface area contributed by atoms with E-state index in [0.29, 0.717) is 18.2 Å². The molecule has 1 aromatic heterocycles. The van der Waals surface area contributed by atoms with Crippen LogP contribution in [0.15, 0.2) is 91.0 Å². The van der Waals surface area contributed by atoms with Gasteiger partial charge in [0.2, 0.25) is 0 Å². The third-order valence-electron chi connectivity index (χ3n) is 5.65. The van der Waals surface area contributed by atoms with Crippen LogP contribution in [0.3, 0.4) is 0 Å². The van der Waals surface area contributed by atoms with Crippen molar-refractivity contribution in [3.63, 3.8) is 0 Å². The second-order valence-electron chi connectivity index (χ2n) is 8.79. The van der Waals surface area contributed by atoms with E-state index < -0.39 is 5.60 Å². The Labute approximate surface area is 216 Å². The second kappa shape index (κ2) is 11.7. The molecule has 178 valence electrons. The molecule has 5 nitrogen and oxygen atoms in total. The third kappa shape index (κ3) is 6.30. The van der Waals surface area contributed by atoms with Crippen LogP contribution in [-0.2, 0) is 12.1 Å². The molecule has 0 saturated carbocycles. The van der Waals surface area contributed by atoms with E-state index in [4.69, 9.17) is 9.72 Å². The molecule has 1 heterocycles. The molecule has 0 bridgehead atoms. The van der Waals surface area contributed by atoms with Crippen molar-refractivity contribution in [2.75, 3.05) is 27.2 Å². The fourth-order valence-electron chi connectivity index (χ4n) is 3.90. The van der Waals surface area contributed by atoms with Crippen molar-refractivity contribution in [3.05, 3.63) is 113 Å². The van der Waals surface area contributed by atoms with Crippen LogP contribution in [0.1, 0.15) is 28.4 Å². The number of nitrogens with zero attached hydrogens (tertiary/aromatic N) is 3. The standard InChI is InChI=1S/C27H30N3O2S.BrH/c1-30(2,19-12-20-32-24-17-10-5-11-18-24)21-25-28-26(33-29-25)27(31,22-13-6-3-7-14-22)23-15-8-4-9-16-23;/h3-11,13-18,31H,12,19-21H2,1-2H3;1H/q+1;/p-1. The summed E-state index contributed by atoms with van der Waals surface area (Å²) in [5.41, 5.74) is 0.232. The van der Waals surface area contributed by atoms with Gasteiger partial charge in [-0.15, -0.1) is 0 Å². The summed E-state index contributed by atoms with van der Waals surface area (Å²) >= 11 is 1.27. The van der Waals surface area contributed by atoms with E-state index in [-0.39, 0.29) is 17.0 Å². The second-order valence-corrected chi connectivity index (χ2v) is 9.54. The molecule has 0 spiro atoms. The summed E-state index contributed by atoms with van der Waals surface area (Å²) in [5, 5.41) is 12.5. The quantitative estimate of drug-likeness (QED) is 0.247. The molecule has 0 aliphatic rings. The first kappa shape index (κ1) is 26.0. The first-order valence-electron chi connectivity index (χ1n) is 11.1. The molecule has 7 heteroatoms. The van der Waals surface area contributed by atoms with Gasteiger partial charge in [0.15, 0.2) is 16.4 Å². The Morgan fingerprint density at radius 1 is 0.853 bits per heavy atom. The average Bonchev–Trinajstić information content (AvgIpc) is 3.31. The molecule has 1 N–H and O–H groups in total. The van der Waals surface area contributed by atoms with Gasteiger partial charge < -0.3 is 31.3 Å². The zero-order valence-electron chi connectivity index (χ0n) is 19.5. The molecule has 4 rings (SSSR count). The van der Waals surface area contributed by atoms with E-state index in [9.17, 15) is 5.11 Å². The zero-order chi connectivity index (χ0) is 23.2. The zero-order valence-corrected chi connectivity index (χ0v) is 21.9. The average molecular weight is 541 g/mol. The van der Waals surface area contributed by atoms with E-state index in [1.54, 1.807) is 0 Å². The van der Waals surface area contributed by atoms with Gasteiger partial charge in [-0.2, -0.15) is 4.37 Å². The monoisotopic (exact) mass is 539 g/mol. The van der Waals surface area contributed by atoms with Gasteiger partial charge in [0.05, 0.1) is 27.2 Å². The molecular weight excluding hydrogens is 510 g/mol. The van der Waals surface area contributed by atoms with Crippen molar-refractivity contribution in [2.24, 2.45) is 0 Å². The summed E-state index contributed by atoms with van der Waals surface area (Å²) in [6.45, 7) is 2.29. The van der Waals surface area contributed by atoms with E-state index in [1.165, 1.54) is 11.5 Å². The first-order chi connectivity index (χ1) is 16.0. The predicted molar refractivity (Wildman–Crippen MR) is 132 cm³/mol. The highest BCUT2D eigenvalue weighted by Crippen LogP contribution is 2.37. The third-order valence-corrected chi connectivity index (χ3v) is 6.51. The molecule has 0 aliphatic carbocycles. The summed E-state index contributed by atoms with van der Waals surface area (Å²) < 4.78 is 11.2. The molecule has 0 unspecified atom stereocenters. The van der Waals surface area contributed by atoms with Gasteiger partial charge in [-0.25, -0.2) is 4.98 Å². The van der Waals surface area contributed by atoms with Crippen LogP contribution in [-0.4, -0.2) is 46.2 Å². The topological polar surface area (TPSA) is 55.2 Å². The first-order valence-corrected chi connectivity index (χ1v) is 11.9. The highest BCUT2D eigenvalue weighted by atomic mass is 79.9. The lowest BCUT2D eigenvalue weighted by Crippen LogP contribution is -3.00. The Kier molecular flexibility index (Phi) is 8.97. The number of aliphatic hydroxyl groups is 1. The maximum atomic E-state index is 11.9. The van der Waals surface area contributed by atoms with Gasteiger partial charge in [0.1, 0.15) is 12.3 Å². The van der Waals surface area contributed by atoms with Crippen LogP contribution in [0.2, 0.25) is 0 Å². The summed E-state index contributed by atoms with van der Waals surface area (Å²) in [5.74, 6) is 1.64. The van der Waals surface area contributed by atoms with E-state index in [1.807, 2.05) is 91.0 Å². The van der Waals surface area contributed by atoms with Crippen molar-refractivity contribution < 1.29 is 31.3 Å². The summed E-state index contributed by atoms with van der Waals surface area (Å²) in [6.07, 6.45) is 0.927. The number of para-hydroxylation sites is 1. The Bertz CT molecular complexity index is 1100. The van der Waals surface area contributed by atoms with Gasteiger partial charge in [0, 0.05) is 6.42 Å². The molecule has 0 fully saturated rings. The van der Waals surface area contributed by atoms with Crippen molar-refractivity contribution >= 4 is 11.5 Å². The lowest BCUT2D eigenvalue weighted by Gasteiger charge is -2.29.